The fourth-order valence-electron chi connectivity index (χ4n) is 0.989. The molecule has 0 saturated carbocycles. The summed E-state index contributed by atoms with van der Waals surface area (Å²) in [5.74, 6) is 8.53. The third kappa shape index (κ3) is 2.45. The average Bonchev–Trinajstić information content (AvgIpc) is 2.41. The molecule has 0 spiro atoms. The SMILES string of the molecule is O=CC#CCC1CCSC1. The number of thioether (sulfide) groups is 1. The molecule has 0 N–H and O–H groups in total. The normalized spacial score (nSPS) is 23.4. The van der Waals surface area contributed by atoms with Crippen molar-refractivity contribution in [3.05, 3.63) is 0 Å². The zero-order valence-corrected chi connectivity index (χ0v) is 6.62. The van der Waals surface area contributed by atoms with Gasteiger partial charge in [-0.3, -0.25) is 4.79 Å². The average molecular weight is 154 g/mol. The lowest BCUT2D eigenvalue weighted by atomic mass is 10.1. The third-order valence-electron chi connectivity index (χ3n) is 1.58. The van der Waals surface area contributed by atoms with Gasteiger partial charge >= 0.3 is 0 Å². The fourth-order valence-corrected chi connectivity index (χ4v) is 2.27. The van der Waals surface area contributed by atoms with E-state index in [9.17, 15) is 4.79 Å². The molecule has 1 aliphatic rings. The molecule has 10 heavy (non-hydrogen) atoms. The van der Waals surface area contributed by atoms with Crippen molar-refractivity contribution >= 4 is 18.0 Å². The van der Waals surface area contributed by atoms with E-state index < -0.39 is 0 Å². The molecule has 0 aromatic rings. The van der Waals surface area contributed by atoms with Gasteiger partial charge in [-0.2, -0.15) is 11.8 Å². The van der Waals surface area contributed by atoms with Gasteiger partial charge < -0.3 is 0 Å². The summed E-state index contributed by atoms with van der Waals surface area (Å²) >= 11 is 1.98. The second kappa shape index (κ2) is 4.40. The van der Waals surface area contributed by atoms with Crippen LogP contribution in [0.15, 0.2) is 0 Å². The Kier molecular flexibility index (Phi) is 3.38. The van der Waals surface area contributed by atoms with Crippen LogP contribution in [0.2, 0.25) is 0 Å². The second-order valence-corrected chi connectivity index (χ2v) is 3.52. The van der Waals surface area contributed by atoms with Crippen molar-refractivity contribution in [2.24, 2.45) is 5.92 Å². The highest BCUT2D eigenvalue weighted by molar-refractivity contribution is 7.99. The number of hydrogen-bond donors (Lipinski definition) is 0. The summed E-state index contributed by atoms with van der Waals surface area (Å²) in [5, 5.41) is 0. The van der Waals surface area contributed by atoms with E-state index >= 15 is 0 Å². The predicted molar refractivity (Wildman–Crippen MR) is 43.9 cm³/mol. The van der Waals surface area contributed by atoms with Crippen LogP contribution in [-0.4, -0.2) is 17.8 Å². The largest absolute Gasteiger partial charge is 0.289 e. The first-order chi connectivity index (χ1) is 4.93. The molecule has 1 rings (SSSR count). The van der Waals surface area contributed by atoms with Crippen LogP contribution < -0.4 is 0 Å². The summed E-state index contributed by atoms with van der Waals surface area (Å²) in [6, 6.07) is 0. The van der Waals surface area contributed by atoms with Crippen LogP contribution >= 0.6 is 11.8 Å². The molecule has 0 aliphatic carbocycles. The highest BCUT2D eigenvalue weighted by atomic mass is 32.2. The first-order valence-corrected chi connectivity index (χ1v) is 4.58. The Hall–Kier alpha value is -0.420. The monoisotopic (exact) mass is 154 g/mol. The number of carbonyl (C=O) groups excluding carboxylic acids is 1. The molecule has 0 aromatic heterocycles. The topological polar surface area (TPSA) is 17.1 Å². The van der Waals surface area contributed by atoms with Crippen molar-refractivity contribution in [3.63, 3.8) is 0 Å². The van der Waals surface area contributed by atoms with Crippen LogP contribution in [0.25, 0.3) is 0 Å². The third-order valence-corrected chi connectivity index (χ3v) is 2.81. The van der Waals surface area contributed by atoms with E-state index in [2.05, 4.69) is 11.8 Å². The van der Waals surface area contributed by atoms with Gasteiger partial charge in [0.2, 0.25) is 0 Å². The standard InChI is InChI=1S/C8H10OS/c9-5-2-1-3-8-4-6-10-7-8/h5,8H,3-4,6-7H2. The lowest BCUT2D eigenvalue weighted by Crippen LogP contribution is -1.94. The van der Waals surface area contributed by atoms with Gasteiger partial charge in [-0.15, -0.1) is 0 Å². The Morgan fingerprint density at radius 1 is 1.70 bits per heavy atom. The quantitative estimate of drug-likeness (QED) is 0.418. The molecule has 0 bridgehead atoms. The lowest BCUT2D eigenvalue weighted by molar-refractivity contribution is -0.103. The molecule has 0 radical (unpaired) electrons. The molecule has 2 heteroatoms. The molecule has 1 fully saturated rings. The summed E-state index contributed by atoms with van der Waals surface area (Å²) in [6.45, 7) is 0. The van der Waals surface area contributed by atoms with Gasteiger partial charge in [-0.25, -0.2) is 0 Å². The smallest absolute Gasteiger partial charge is 0.192 e. The van der Waals surface area contributed by atoms with Gasteiger partial charge in [-0.05, 0) is 29.8 Å². The Morgan fingerprint density at radius 2 is 2.60 bits per heavy atom. The first-order valence-electron chi connectivity index (χ1n) is 3.43. The molecule has 0 amide bonds. The number of hydrogen-bond acceptors (Lipinski definition) is 2. The van der Waals surface area contributed by atoms with Gasteiger partial charge in [0.25, 0.3) is 0 Å². The Balaban J connectivity index is 2.18. The lowest BCUT2D eigenvalue weighted by Gasteiger charge is -1.98. The van der Waals surface area contributed by atoms with Crippen molar-refractivity contribution < 1.29 is 4.79 Å². The molecular formula is C8H10OS. The summed E-state index contributed by atoms with van der Waals surface area (Å²) in [5.41, 5.74) is 0. The maximum Gasteiger partial charge on any atom is 0.192 e. The van der Waals surface area contributed by atoms with Crippen molar-refractivity contribution in [1.82, 2.24) is 0 Å². The van der Waals surface area contributed by atoms with Gasteiger partial charge in [0.05, 0.1) is 0 Å². The van der Waals surface area contributed by atoms with Crippen molar-refractivity contribution in [2.45, 2.75) is 12.8 Å². The molecule has 1 atom stereocenters. The molecule has 0 aromatic carbocycles. The van der Waals surface area contributed by atoms with Crippen LogP contribution in [0, 0.1) is 17.8 Å². The molecule has 1 nitrogen and oxygen atoms in total. The predicted octanol–water partition coefficient (Wildman–Crippen LogP) is 1.33. The zero-order chi connectivity index (χ0) is 7.23. The molecule has 1 saturated heterocycles. The summed E-state index contributed by atoms with van der Waals surface area (Å²) in [4.78, 5) is 9.80. The Labute approximate surface area is 65.6 Å². The molecule has 1 aliphatic heterocycles. The van der Waals surface area contributed by atoms with Crippen molar-refractivity contribution in [3.8, 4) is 11.8 Å². The highest BCUT2D eigenvalue weighted by Crippen LogP contribution is 2.25. The summed E-state index contributed by atoms with van der Waals surface area (Å²) < 4.78 is 0. The van der Waals surface area contributed by atoms with Crippen LogP contribution in [0.5, 0.6) is 0 Å². The van der Waals surface area contributed by atoms with E-state index in [1.54, 1.807) is 0 Å². The van der Waals surface area contributed by atoms with Gasteiger partial charge in [0, 0.05) is 6.42 Å². The highest BCUT2D eigenvalue weighted by Gasteiger charge is 2.13. The molecule has 54 valence electrons. The Morgan fingerprint density at radius 3 is 3.20 bits per heavy atom. The maximum absolute atomic E-state index is 9.80. The van der Waals surface area contributed by atoms with Crippen molar-refractivity contribution in [1.29, 1.82) is 0 Å². The first kappa shape index (κ1) is 7.68. The minimum Gasteiger partial charge on any atom is -0.289 e. The molecule has 1 heterocycles. The number of aldehydes is 1. The minimum atomic E-state index is 0.669. The summed E-state index contributed by atoms with van der Waals surface area (Å²) in [6.07, 6.45) is 2.85. The van der Waals surface area contributed by atoms with Gasteiger partial charge in [-0.1, -0.05) is 5.92 Å². The van der Waals surface area contributed by atoms with Crippen molar-refractivity contribution in [2.75, 3.05) is 11.5 Å². The van der Waals surface area contributed by atoms with E-state index in [4.69, 9.17) is 0 Å². The van der Waals surface area contributed by atoms with Gasteiger partial charge in [0.1, 0.15) is 0 Å². The fraction of sp³-hybridized carbons (Fsp3) is 0.625. The molecule has 1 unspecified atom stereocenters. The second-order valence-electron chi connectivity index (χ2n) is 2.37. The number of carbonyl (C=O) groups is 1. The van der Waals surface area contributed by atoms with E-state index in [-0.39, 0.29) is 0 Å². The zero-order valence-electron chi connectivity index (χ0n) is 5.80. The van der Waals surface area contributed by atoms with Crippen LogP contribution in [0.3, 0.4) is 0 Å². The van der Waals surface area contributed by atoms with Gasteiger partial charge in [0.15, 0.2) is 6.29 Å². The van der Waals surface area contributed by atoms with Crippen LogP contribution in [0.1, 0.15) is 12.8 Å². The molecular weight excluding hydrogens is 144 g/mol. The van der Waals surface area contributed by atoms with Crippen LogP contribution in [0.4, 0.5) is 0 Å². The van der Waals surface area contributed by atoms with E-state index in [1.807, 2.05) is 11.8 Å². The Bertz CT molecular complexity index is 160. The van der Waals surface area contributed by atoms with E-state index in [0.717, 1.165) is 12.3 Å². The number of rotatable bonds is 1. The summed E-state index contributed by atoms with van der Waals surface area (Å²) in [7, 11) is 0. The maximum atomic E-state index is 9.80. The van der Waals surface area contributed by atoms with E-state index in [1.165, 1.54) is 17.9 Å². The minimum absolute atomic E-state index is 0.669. The van der Waals surface area contributed by atoms with E-state index in [0.29, 0.717) is 6.29 Å². The van der Waals surface area contributed by atoms with Crippen LogP contribution in [-0.2, 0) is 4.79 Å².